The molecule has 1 atom stereocenters. The van der Waals surface area contributed by atoms with Gasteiger partial charge < -0.3 is 9.67 Å². The van der Waals surface area contributed by atoms with Crippen molar-refractivity contribution in [1.82, 2.24) is 4.57 Å². The molecule has 18 heavy (non-hydrogen) atoms. The molecule has 1 heterocycles. The maximum absolute atomic E-state index is 12.1. The van der Waals surface area contributed by atoms with Crippen molar-refractivity contribution >= 4 is 20.1 Å². The molecule has 0 aromatic carbocycles. The van der Waals surface area contributed by atoms with E-state index in [1.165, 1.54) is 0 Å². The third-order valence-corrected chi connectivity index (χ3v) is 9.90. The van der Waals surface area contributed by atoms with Crippen LogP contribution in [0.5, 0.6) is 0 Å². The SMILES string of the molecule is CC(C)(C)[Si](C)(C)N1CC(CCCC(=O)O)C1=O. The van der Waals surface area contributed by atoms with Gasteiger partial charge in [-0.3, -0.25) is 9.59 Å². The van der Waals surface area contributed by atoms with Gasteiger partial charge in [-0.1, -0.05) is 33.9 Å². The minimum absolute atomic E-state index is 0.0680. The Morgan fingerprint density at radius 2 is 2.00 bits per heavy atom. The minimum atomic E-state index is -1.72. The monoisotopic (exact) mass is 271 g/mol. The van der Waals surface area contributed by atoms with Crippen LogP contribution in [0.15, 0.2) is 0 Å². The van der Waals surface area contributed by atoms with Gasteiger partial charge in [0.2, 0.25) is 5.91 Å². The molecule has 1 aliphatic rings. The minimum Gasteiger partial charge on any atom is -0.481 e. The molecular weight excluding hydrogens is 246 g/mol. The maximum atomic E-state index is 12.1. The average Bonchev–Trinajstić information content (AvgIpc) is 2.19. The van der Waals surface area contributed by atoms with Crippen LogP contribution in [-0.4, -0.2) is 36.3 Å². The van der Waals surface area contributed by atoms with Crippen LogP contribution in [0, 0.1) is 5.92 Å². The second kappa shape index (κ2) is 5.03. The Labute approximate surface area is 110 Å². The second-order valence-corrected chi connectivity index (χ2v) is 11.9. The molecule has 1 unspecified atom stereocenters. The van der Waals surface area contributed by atoms with Gasteiger partial charge in [0.15, 0.2) is 8.24 Å². The fraction of sp³-hybridized carbons (Fsp3) is 0.846. The van der Waals surface area contributed by atoms with E-state index < -0.39 is 14.2 Å². The van der Waals surface area contributed by atoms with E-state index in [2.05, 4.69) is 38.4 Å². The molecule has 0 bridgehead atoms. The van der Waals surface area contributed by atoms with Gasteiger partial charge in [0, 0.05) is 13.0 Å². The number of nitrogens with zero attached hydrogens (tertiary/aromatic N) is 1. The molecule has 1 amide bonds. The smallest absolute Gasteiger partial charge is 0.303 e. The molecule has 0 spiro atoms. The fourth-order valence-corrected chi connectivity index (χ4v) is 4.34. The van der Waals surface area contributed by atoms with Gasteiger partial charge in [0.25, 0.3) is 0 Å². The van der Waals surface area contributed by atoms with Crippen LogP contribution < -0.4 is 0 Å². The molecule has 1 aliphatic heterocycles. The number of amides is 1. The Balaban J connectivity index is 2.48. The molecule has 1 fully saturated rings. The predicted octanol–water partition coefficient (Wildman–Crippen LogP) is 2.70. The Hall–Kier alpha value is -0.843. The van der Waals surface area contributed by atoms with Crippen molar-refractivity contribution in [3.05, 3.63) is 0 Å². The lowest BCUT2D eigenvalue weighted by atomic mass is 9.95. The zero-order chi connectivity index (χ0) is 14.1. The van der Waals surface area contributed by atoms with Crippen molar-refractivity contribution in [2.24, 2.45) is 5.92 Å². The molecular formula is C13H25NO3Si. The molecule has 0 aromatic heterocycles. The first-order chi connectivity index (χ1) is 8.07. The van der Waals surface area contributed by atoms with Crippen molar-refractivity contribution in [2.75, 3.05) is 6.54 Å². The summed E-state index contributed by atoms with van der Waals surface area (Å²) < 4.78 is 2.07. The first-order valence-corrected chi connectivity index (χ1v) is 9.55. The number of carbonyl (C=O) groups excluding carboxylic acids is 1. The van der Waals surface area contributed by atoms with E-state index >= 15 is 0 Å². The van der Waals surface area contributed by atoms with E-state index in [1.807, 2.05) is 0 Å². The Morgan fingerprint density at radius 1 is 1.44 bits per heavy atom. The van der Waals surface area contributed by atoms with Crippen molar-refractivity contribution in [3.8, 4) is 0 Å². The molecule has 1 saturated heterocycles. The maximum Gasteiger partial charge on any atom is 0.303 e. The van der Waals surface area contributed by atoms with E-state index in [0.717, 1.165) is 13.0 Å². The number of carbonyl (C=O) groups is 2. The summed E-state index contributed by atoms with van der Waals surface area (Å²) in [5, 5.41) is 8.76. The summed E-state index contributed by atoms with van der Waals surface area (Å²) in [6.45, 7) is 11.9. The van der Waals surface area contributed by atoms with Gasteiger partial charge in [-0.15, -0.1) is 0 Å². The van der Waals surface area contributed by atoms with Crippen LogP contribution in [-0.2, 0) is 9.59 Å². The molecule has 1 N–H and O–H groups in total. The molecule has 0 radical (unpaired) electrons. The Kier molecular flexibility index (Phi) is 4.25. The predicted molar refractivity (Wildman–Crippen MR) is 73.9 cm³/mol. The lowest BCUT2D eigenvalue weighted by Crippen LogP contribution is -2.67. The van der Waals surface area contributed by atoms with Crippen LogP contribution in [0.25, 0.3) is 0 Å². The van der Waals surface area contributed by atoms with E-state index in [4.69, 9.17) is 5.11 Å². The summed E-state index contributed by atoms with van der Waals surface area (Å²) in [7, 11) is -1.72. The summed E-state index contributed by atoms with van der Waals surface area (Å²) in [5.74, 6) is -0.464. The number of carboxylic acid groups (broad SMARTS) is 1. The molecule has 104 valence electrons. The topological polar surface area (TPSA) is 57.6 Å². The number of aliphatic carboxylic acids is 1. The van der Waals surface area contributed by atoms with Gasteiger partial charge in [-0.2, -0.15) is 0 Å². The molecule has 0 saturated carbocycles. The standard InChI is InChI=1S/C13H25NO3Si/c1-13(2,3)18(4,5)14-9-10(12(14)17)7-6-8-11(15)16/h10H,6-9H2,1-5H3,(H,15,16). The van der Waals surface area contributed by atoms with E-state index in [9.17, 15) is 9.59 Å². The highest BCUT2D eigenvalue weighted by Gasteiger charge is 2.50. The first kappa shape index (κ1) is 15.2. The van der Waals surface area contributed by atoms with Crippen molar-refractivity contribution in [3.63, 3.8) is 0 Å². The van der Waals surface area contributed by atoms with Crippen molar-refractivity contribution < 1.29 is 14.7 Å². The number of hydrogen-bond acceptors (Lipinski definition) is 2. The van der Waals surface area contributed by atoms with Crippen LogP contribution in [0.1, 0.15) is 40.0 Å². The van der Waals surface area contributed by atoms with Crippen molar-refractivity contribution in [1.29, 1.82) is 0 Å². The van der Waals surface area contributed by atoms with Crippen LogP contribution in [0.2, 0.25) is 18.1 Å². The van der Waals surface area contributed by atoms with Crippen molar-refractivity contribution in [2.45, 2.75) is 58.2 Å². The normalized spacial score (nSPS) is 20.8. The zero-order valence-electron chi connectivity index (χ0n) is 12.1. The van der Waals surface area contributed by atoms with Gasteiger partial charge in [-0.25, -0.2) is 0 Å². The first-order valence-electron chi connectivity index (χ1n) is 6.60. The summed E-state index contributed by atoms with van der Waals surface area (Å²) in [5.41, 5.74) is 0. The third-order valence-electron chi connectivity index (χ3n) is 4.47. The summed E-state index contributed by atoms with van der Waals surface area (Å²) in [4.78, 5) is 22.6. The molecule has 1 rings (SSSR count). The summed E-state index contributed by atoms with van der Waals surface area (Å²) in [6, 6.07) is 0. The Morgan fingerprint density at radius 3 is 2.39 bits per heavy atom. The highest BCUT2D eigenvalue weighted by Crippen LogP contribution is 2.42. The quantitative estimate of drug-likeness (QED) is 0.618. The molecule has 5 heteroatoms. The van der Waals surface area contributed by atoms with Gasteiger partial charge >= 0.3 is 5.97 Å². The molecule has 0 aliphatic carbocycles. The van der Waals surface area contributed by atoms with E-state index in [-0.39, 0.29) is 23.3 Å². The third kappa shape index (κ3) is 2.94. The van der Waals surface area contributed by atoms with Crippen LogP contribution in [0.4, 0.5) is 0 Å². The highest BCUT2D eigenvalue weighted by atomic mass is 28.3. The lowest BCUT2D eigenvalue weighted by Gasteiger charge is -2.53. The number of carboxylic acids is 1. The summed E-state index contributed by atoms with van der Waals surface area (Å²) >= 11 is 0. The zero-order valence-corrected chi connectivity index (χ0v) is 13.1. The Bertz CT molecular complexity index is 347. The van der Waals surface area contributed by atoms with Gasteiger partial charge in [0.1, 0.15) is 0 Å². The largest absolute Gasteiger partial charge is 0.481 e. The second-order valence-electron chi connectivity index (χ2n) is 6.74. The van der Waals surface area contributed by atoms with E-state index in [1.54, 1.807) is 0 Å². The highest BCUT2D eigenvalue weighted by molar-refractivity contribution is 6.79. The number of β-lactam (4-membered cyclic amide) rings is 1. The van der Waals surface area contributed by atoms with Crippen LogP contribution >= 0.6 is 0 Å². The van der Waals surface area contributed by atoms with Gasteiger partial charge in [-0.05, 0) is 17.9 Å². The average molecular weight is 271 g/mol. The lowest BCUT2D eigenvalue weighted by molar-refractivity contribution is -0.143. The fourth-order valence-electron chi connectivity index (χ4n) is 2.12. The number of hydrogen-bond donors (Lipinski definition) is 1. The van der Waals surface area contributed by atoms with E-state index in [0.29, 0.717) is 6.42 Å². The summed E-state index contributed by atoms with van der Waals surface area (Å²) in [6.07, 6.45) is 1.50. The van der Waals surface area contributed by atoms with Gasteiger partial charge in [0.05, 0.1) is 5.92 Å². The molecule has 0 aromatic rings. The molecule has 4 nitrogen and oxygen atoms in total. The number of rotatable bonds is 5. The van der Waals surface area contributed by atoms with Crippen LogP contribution in [0.3, 0.4) is 0 Å².